The molecule has 0 saturated heterocycles. The zero-order valence-corrected chi connectivity index (χ0v) is 8.29. The summed E-state index contributed by atoms with van der Waals surface area (Å²) in [5, 5.41) is 8.96. The highest BCUT2D eigenvalue weighted by Crippen LogP contribution is 2.16. The van der Waals surface area contributed by atoms with Gasteiger partial charge in [0.1, 0.15) is 18.2 Å². The van der Waals surface area contributed by atoms with E-state index in [4.69, 9.17) is 5.11 Å². The van der Waals surface area contributed by atoms with Crippen LogP contribution in [0.4, 0.5) is 4.39 Å². The Morgan fingerprint density at radius 3 is 2.85 bits per heavy atom. The average molecular weight is 247 g/mol. The first kappa shape index (κ1) is 10.3. The van der Waals surface area contributed by atoms with Crippen LogP contribution in [-0.2, 0) is 11.2 Å². The molecule has 0 radical (unpaired) electrons. The van der Waals surface area contributed by atoms with Crippen molar-refractivity contribution in [1.29, 1.82) is 0 Å². The van der Waals surface area contributed by atoms with E-state index in [2.05, 4.69) is 15.9 Å². The quantitative estimate of drug-likeness (QED) is 0.825. The fourth-order valence-electron chi connectivity index (χ4n) is 0.961. The van der Waals surface area contributed by atoms with E-state index < -0.39 is 11.9 Å². The molecule has 0 aliphatic carbocycles. The van der Waals surface area contributed by atoms with E-state index in [0.717, 1.165) is 0 Å². The van der Waals surface area contributed by atoms with Crippen molar-refractivity contribution in [1.82, 2.24) is 0 Å². The lowest BCUT2D eigenvalue weighted by molar-refractivity contribution is -0.114. The Morgan fingerprint density at radius 2 is 2.31 bits per heavy atom. The van der Waals surface area contributed by atoms with Crippen LogP contribution in [0.15, 0.2) is 22.7 Å². The molecule has 0 spiro atoms. The monoisotopic (exact) mass is 246 g/mol. The number of rotatable bonds is 3. The third-order valence-electron chi connectivity index (χ3n) is 1.60. The van der Waals surface area contributed by atoms with Crippen LogP contribution < -0.4 is 0 Å². The molecule has 0 fully saturated rings. The standard InChI is InChI=1S/C9H8BrFO2/c10-7-2-1-6(9(11)4-7)3-8(13)5-12/h1-2,4-5,8,13H,3H2. The van der Waals surface area contributed by atoms with Gasteiger partial charge in [-0.2, -0.15) is 0 Å². The molecule has 0 amide bonds. The predicted molar refractivity (Wildman–Crippen MR) is 49.9 cm³/mol. The van der Waals surface area contributed by atoms with Gasteiger partial charge in [0, 0.05) is 10.9 Å². The minimum absolute atomic E-state index is 0.0165. The zero-order valence-electron chi connectivity index (χ0n) is 6.71. The van der Waals surface area contributed by atoms with Gasteiger partial charge in [0.25, 0.3) is 0 Å². The van der Waals surface area contributed by atoms with Crippen LogP contribution in [-0.4, -0.2) is 17.5 Å². The second-order valence-electron chi connectivity index (χ2n) is 2.64. The van der Waals surface area contributed by atoms with Crippen LogP contribution in [0.1, 0.15) is 5.56 Å². The van der Waals surface area contributed by atoms with Gasteiger partial charge in [-0.25, -0.2) is 4.39 Å². The van der Waals surface area contributed by atoms with Crippen LogP contribution in [0, 0.1) is 5.82 Å². The van der Waals surface area contributed by atoms with Gasteiger partial charge in [0.05, 0.1) is 0 Å². The Bertz CT molecular complexity index is 314. The molecule has 0 bridgehead atoms. The molecular formula is C9H8BrFO2. The molecule has 1 unspecified atom stereocenters. The second kappa shape index (κ2) is 4.48. The van der Waals surface area contributed by atoms with Crippen LogP contribution in [0.5, 0.6) is 0 Å². The average Bonchev–Trinajstić information content (AvgIpc) is 2.09. The number of carbonyl (C=O) groups is 1. The molecule has 0 aromatic heterocycles. The molecule has 1 rings (SSSR count). The lowest BCUT2D eigenvalue weighted by Gasteiger charge is -2.04. The lowest BCUT2D eigenvalue weighted by atomic mass is 10.1. The second-order valence-corrected chi connectivity index (χ2v) is 3.56. The van der Waals surface area contributed by atoms with Gasteiger partial charge in [-0.15, -0.1) is 0 Å². The predicted octanol–water partition coefficient (Wildman–Crippen LogP) is 1.69. The molecule has 0 saturated carbocycles. The van der Waals surface area contributed by atoms with E-state index in [-0.39, 0.29) is 6.42 Å². The van der Waals surface area contributed by atoms with E-state index in [1.54, 1.807) is 6.07 Å². The zero-order chi connectivity index (χ0) is 9.84. The number of hydrogen-bond donors (Lipinski definition) is 1. The number of aldehydes is 1. The van der Waals surface area contributed by atoms with Crippen molar-refractivity contribution in [2.45, 2.75) is 12.5 Å². The van der Waals surface area contributed by atoms with E-state index in [1.807, 2.05) is 0 Å². The molecule has 1 aromatic carbocycles. The number of hydrogen-bond acceptors (Lipinski definition) is 2. The van der Waals surface area contributed by atoms with Crippen molar-refractivity contribution in [2.24, 2.45) is 0 Å². The molecule has 1 aromatic rings. The molecule has 4 heteroatoms. The van der Waals surface area contributed by atoms with Crippen molar-refractivity contribution in [3.05, 3.63) is 34.1 Å². The van der Waals surface area contributed by atoms with Crippen LogP contribution >= 0.6 is 15.9 Å². The fourth-order valence-corrected chi connectivity index (χ4v) is 1.29. The summed E-state index contributed by atoms with van der Waals surface area (Å²) in [6.07, 6.45) is -0.722. The highest BCUT2D eigenvalue weighted by Gasteiger charge is 2.08. The normalized spacial score (nSPS) is 12.5. The molecular weight excluding hydrogens is 239 g/mol. The van der Waals surface area contributed by atoms with E-state index in [9.17, 15) is 9.18 Å². The summed E-state index contributed by atoms with van der Waals surface area (Å²) in [6.45, 7) is 0. The number of aliphatic hydroxyl groups is 1. The minimum atomic E-state index is -1.13. The molecule has 70 valence electrons. The van der Waals surface area contributed by atoms with E-state index >= 15 is 0 Å². The van der Waals surface area contributed by atoms with Gasteiger partial charge in [-0.1, -0.05) is 22.0 Å². The third kappa shape index (κ3) is 2.90. The Hall–Kier alpha value is -0.740. The summed E-state index contributed by atoms with van der Waals surface area (Å²) in [7, 11) is 0. The summed E-state index contributed by atoms with van der Waals surface area (Å²) in [5.41, 5.74) is 0.336. The van der Waals surface area contributed by atoms with Crippen LogP contribution in [0.2, 0.25) is 0 Å². The molecule has 0 aliphatic rings. The summed E-state index contributed by atoms with van der Waals surface area (Å²) in [6, 6.07) is 4.49. The number of benzene rings is 1. The summed E-state index contributed by atoms with van der Waals surface area (Å²) >= 11 is 3.11. The van der Waals surface area contributed by atoms with Crippen molar-refractivity contribution >= 4 is 22.2 Å². The van der Waals surface area contributed by atoms with Gasteiger partial charge in [0.2, 0.25) is 0 Å². The maximum Gasteiger partial charge on any atom is 0.148 e. The van der Waals surface area contributed by atoms with Gasteiger partial charge in [-0.3, -0.25) is 0 Å². The molecule has 2 nitrogen and oxygen atoms in total. The molecule has 13 heavy (non-hydrogen) atoms. The van der Waals surface area contributed by atoms with Crippen molar-refractivity contribution in [2.75, 3.05) is 0 Å². The van der Waals surface area contributed by atoms with Gasteiger partial charge >= 0.3 is 0 Å². The summed E-state index contributed by atoms with van der Waals surface area (Å²) < 4.78 is 13.7. The highest BCUT2D eigenvalue weighted by molar-refractivity contribution is 9.10. The van der Waals surface area contributed by atoms with Crippen molar-refractivity contribution in [3.63, 3.8) is 0 Å². The maximum atomic E-state index is 13.1. The first-order valence-corrected chi connectivity index (χ1v) is 4.50. The number of carbonyl (C=O) groups excluding carboxylic acids is 1. The first-order chi connectivity index (χ1) is 6.13. The Kier molecular flexibility index (Phi) is 3.57. The Morgan fingerprint density at radius 1 is 1.62 bits per heavy atom. The number of halogens is 2. The topological polar surface area (TPSA) is 37.3 Å². The summed E-state index contributed by atoms with van der Waals surface area (Å²) in [5.74, 6) is -0.421. The number of aliphatic hydroxyl groups excluding tert-OH is 1. The van der Waals surface area contributed by atoms with E-state index in [0.29, 0.717) is 16.3 Å². The largest absolute Gasteiger partial charge is 0.385 e. The first-order valence-electron chi connectivity index (χ1n) is 3.71. The Balaban J connectivity index is 2.83. The van der Waals surface area contributed by atoms with Crippen molar-refractivity contribution < 1.29 is 14.3 Å². The van der Waals surface area contributed by atoms with Crippen LogP contribution in [0.3, 0.4) is 0 Å². The Labute approximate surface area is 83.5 Å². The fraction of sp³-hybridized carbons (Fsp3) is 0.222. The minimum Gasteiger partial charge on any atom is -0.385 e. The van der Waals surface area contributed by atoms with Gasteiger partial charge in [0.15, 0.2) is 0 Å². The molecule has 0 aliphatic heterocycles. The van der Waals surface area contributed by atoms with Crippen LogP contribution in [0.25, 0.3) is 0 Å². The third-order valence-corrected chi connectivity index (χ3v) is 2.09. The molecule has 1 N–H and O–H groups in total. The lowest BCUT2D eigenvalue weighted by Crippen LogP contribution is -2.12. The summed E-state index contributed by atoms with van der Waals surface area (Å²) in [4.78, 5) is 10.1. The van der Waals surface area contributed by atoms with E-state index in [1.165, 1.54) is 12.1 Å². The highest BCUT2D eigenvalue weighted by atomic mass is 79.9. The molecule has 1 atom stereocenters. The smallest absolute Gasteiger partial charge is 0.148 e. The maximum absolute atomic E-state index is 13.1. The van der Waals surface area contributed by atoms with Crippen molar-refractivity contribution in [3.8, 4) is 0 Å². The SMILES string of the molecule is O=CC(O)Cc1ccc(Br)cc1F. The van der Waals surface area contributed by atoms with Gasteiger partial charge < -0.3 is 9.90 Å². The molecule has 0 heterocycles. The van der Waals surface area contributed by atoms with Gasteiger partial charge in [-0.05, 0) is 17.7 Å².